The fourth-order valence-corrected chi connectivity index (χ4v) is 1.69. The van der Waals surface area contributed by atoms with E-state index in [4.69, 9.17) is 9.63 Å². The van der Waals surface area contributed by atoms with Gasteiger partial charge in [-0.1, -0.05) is 17.3 Å². The van der Waals surface area contributed by atoms with Crippen molar-refractivity contribution >= 4 is 5.97 Å². The summed E-state index contributed by atoms with van der Waals surface area (Å²) in [6.07, 6.45) is 0.677. The SMILES string of the molecule is Cc1nc(CCNCc2cccc(C(=O)O)c2)no1. The number of aromatic carboxylic acids is 1. The summed E-state index contributed by atoms with van der Waals surface area (Å²) in [6.45, 7) is 3.07. The summed E-state index contributed by atoms with van der Waals surface area (Å²) in [7, 11) is 0. The number of carboxylic acid groups (broad SMARTS) is 1. The van der Waals surface area contributed by atoms with E-state index in [1.165, 1.54) is 0 Å². The molecule has 0 radical (unpaired) electrons. The Hall–Kier alpha value is -2.21. The van der Waals surface area contributed by atoms with Gasteiger partial charge in [0.2, 0.25) is 5.89 Å². The molecule has 0 atom stereocenters. The number of benzene rings is 1. The molecule has 0 aliphatic heterocycles. The molecule has 0 amide bonds. The van der Waals surface area contributed by atoms with Crippen LogP contribution in [0, 0.1) is 6.92 Å². The normalized spacial score (nSPS) is 10.6. The van der Waals surface area contributed by atoms with Crippen LogP contribution in [0.3, 0.4) is 0 Å². The van der Waals surface area contributed by atoms with Crippen LogP contribution in [0.1, 0.15) is 27.6 Å². The summed E-state index contributed by atoms with van der Waals surface area (Å²) in [4.78, 5) is 14.9. The van der Waals surface area contributed by atoms with Crippen molar-refractivity contribution in [2.45, 2.75) is 19.9 Å². The molecule has 1 aromatic carbocycles. The van der Waals surface area contributed by atoms with Crippen molar-refractivity contribution in [3.8, 4) is 0 Å². The van der Waals surface area contributed by atoms with E-state index in [1.54, 1.807) is 25.1 Å². The number of rotatable bonds is 6. The summed E-state index contributed by atoms with van der Waals surface area (Å²) < 4.78 is 4.87. The van der Waals surface area contributed by atoms with Crippen molar-refractivity contribution in [3.05, 3.63) is 47.1 Å². The predicted molar refractivity (Wildman–Crippen MR) is 67.8 cm³/mol. The molecular weight excluding hydrogens is 246 g/mol. The maximum Gasteiger partial charge on any atom is 0.335 e. The highest BCUT2D eigenvalue weighted by Crippen LogP contribution is 2.05. The van der Waals surface area contributed by atoms with E-state index in [9.17, 15) is 4.79 Å². The van der Waals surface area contributed by atoms with E-state index in [1.807, 2.05) is 6.07 Å². The highest BCUT2D eigenvalue weighted by atomic mass is 16.5. The first kappa shape index (κ1) is 13.2. The van der Waals surface area contributed by atoms with Crippen molar-refractivity contribution in [1.82, 2.24) is 15.5 Å². The quantitative estimate of drug-likeness (QED) is 0.764. The van der Waals surface area contributed by atoms with Gasteiger partial charge in [0.25, 0.3) is 0 Å². The fraction of sp³-hybridized carbons (Fsp3) is 0.308. The molecule has 19 heavy (non-hydrogen) atoms. The first-order valence-corrected chi connectivity index (χ1v) is 5.97. The number of nitrogens with one attached hydrogen (secondary N) is 1. The molecule has 1 aromatic heterocycles. The van der Waals surface area contributed by atoms with E-state index >= 15 is 0 Å². The number of nitrogens with zero attached hydrogens (tertiary/aromatic N) is 2. The van der Waals surface area contributed by atoms with Gasteiger partial charge in [-0.2, -0.15) is 4.98 Å². The smallest absolute Gasteiger partial charge is 0.335 e. The zero-order valence-electron chi connectivity index (χ0n) is 10.6. The van der Waals surface area contributed by atoms with Gasteiger partial charge in [0.1, 0.15) is 0 Å². The Labute approximate surface area is 110 Å². The molecule has 6 heteroatoms. The summed E-state index contributed by atoms with van der Waals surface area (Å²) in [5.41, 5.74) is 1.23. The summed E-state index contributed by atoms with van der Waals surface area (Å²) >= 11 is 0. The second kappa shape index (κ2) is 6.10. The van der Waals surface area contributed by atoms with Gasteiger partial charge in [-0.05, 0) is 17.7 Å². The number of aromatic nitrogens is 2. The van der Waals surface area contributed by atoms with Gasteiger partial charge in [0.15, 0.2) is 5.82 Å². The molecule has 0 unspecified atom stereocenters. The van der Waals surface area contributed by atoms with E-state index in [0.29, 0.717) is 36.8 Å². The van der Waals surface area contributed by atoms with Gasteiger partial charge in [0.05, 0.1) is 5.56 Å². The largest absolute Gasteiger partial charge is 0.478 e. The van der Waals surface area contributed by atoms with Crippen molar-refractivity contribution in [2.75, 3.05) is 6.54 Å². The molecule has 100 valence electrons. The van der Waals surface area contributed by atoms with Crippen molar-refractivity contribution in [3.63, 3.8) is 0 Å². The molecule has 0 aliphatic carbocycles. The van der Waals surface area contributed by atoms with E-state index in [0.717, 1.165) is 5.56 Å². The Morgan fingerprint density at radius 3 is 3.00 bits per heavy atom. The Kier molecular flexibility index (Phi) is 4.25. The van der Waals surface area contributed by atoms with E-state index < -0.39 is 5.97 Å². The second-order valence-electron chi connectivity index (χ2n) is 4.16. The Bertz CT molecular complexity index is 566. The van der Waals surface area contributed by atoms with Crippen molar-refractivity contribution in [2.24, 2.45) is 0 Å². The zero-order valence-corrected chi connectivity index (χ0v) is 10.6. The number of carbonyl (C=O) groups is 1. The van der Waals surface area contributed by atoms with Crippen LogP contribution in [-0.2, 0) is 13.0 Å². The average molecular weight is 261 g/mol. The first-order valence-electron chi connectivity index (χ1n) is 5.97. The number of hydrogen-bond donors (Lipinski definition) is 2. The zero-order chi connectivity index (χ0) is 13.7. The van der Waals surface area contributed by atoms with Crippen molar-refractivity contribution in [1.29, 1.82) is 0 Å². The highest BCUT2D eigenvalue weighted by molar-refractivity contribution is 5.87. The third kappa shape index (κ3) is 3.89. The molecule has 2 aromatic rings. The van der Waals surface area contributed by atoms with E-state index in [2.05, 4.69) is 15.5 Å². The first-order chi connectivity index (χ1) is 9.15. The number of hydrogen-bond acceptors (Lipinski definition) is 5. The van der Waals surface area contributed by atoms with Crippen LogP contribution >= 0.6 is 0 Å². The molecule has 6 nitrogen and oxygen atoms in total. The third-order valence-electron chi connectivity index (χ3n) is 2.60. The lowest BCUT2D eigenvalue weighted by atomic mass is 10.1. The fourth-order valence-electron chi connectivity index (χ4n) is 1.69. The van der Waals surface area contributed by atoms with Crippen LogP contribution in [0.2, 0.25) is 0 Å². The standard InChI is InChI=1S/C13H15N3O3/c1-9-15-12(16-19-9)5-6-14-8-10-3-2-4-11(7-10)13(17)18/h2-4,7,14H,5-6,8H2,1H3,(H,17,18). The van der Waals surface area contributed by atoms with Crippen LogP contribution in [0.25, 0.3) is 0 Å². The number of aryl methyl sites for hydroxylation is 1. The predicted octanol–water partition coefficient (Wildman–Crippen LogP) is 1.41. The van der Waals surface area contributed by atoms with Gasteiger partial charge in [-0.15, -0.1) is 0 Å². The third-order valence-corrected chi connectivity index (χ3v) is 2.60. The lowest BCUT2D eigenvalue weighted by Gasteiger charge is -2.04. The molecule has 0 fully saturated rings. The minimum absolute atomic E-state index is 0.299. The second-order valence-corrected chi connectivity index (χ2v) is 4.16. The molecule has 2 rings (SSSR count). The van der Waals surface area contributed by atoms with Crippen LogP contribution in [0.4, 0.5) is 0 Å². The molecular formula is C13H15N3O3. The van der Waals surface area contributed by atoms with Gasteiger partial charge in [0, 0.05) is 26.4 Å². The van der Waals surface area contributed by atoms with Crippen LogP contribution < -0.4 is 5.32 Å². The van der Waals surface area contributed by atoms with Gasteiger partial charge in [-0.3, -0.25) is 0 Å². The Morgan fingerprint density at radius 2 is 2.32 bits per heavy atom. The maximum absolute atomic E-state index is 10.8. The monoisotopic (exact) mass is 261 g/mol. The molecule has 0 saturated carbocycles. The molecule has 0 aliphatic rings. The molecule has 2 N–H and O–H groups in total. The van der Waals surface area contributed by atoms with E-state index in [-0.39, 0.29) is 0 Å². The van der Waals surface area contributed by atoms with Gasteiger partial charge in [-0.25, -0.2) is 4.79 Å². The lowest BCUT2D eigenvalue weighted by Crippen LogP contribution is -2.17. The topological polar surface area (TPSA) is 88.2 Å². The minimum Gasteiger partial charge on any atom is -0.478 e. The minimum atomic E-state index is -0.913. The van der Waals surface area contributed by atoms with Gasteiger partial charge < -0.3 is 14.9 Å². The molecule has 0 spiro atoms. The molecule has 0 saturated heterocycles. The Balaban J connectivity index is 1.79. The van der Waals surface area contributed by atoms with Crippen LogP contribution in [0.5, 0.6) is 0 Å². The van der Waals surface area contributed by atoms with Crippen LogP contribution in [0.15, 0.2) is 28.8 Å². The average Bonchev–Trinajstić information content (AvgIpc) is 2.81. The lowest BCUT2D eigenvalue weighted by molar-refractivity contribution is 0.0696. The maximum atomic E-state index is 10.8. The molecule has 0 bridgehead atoms. The summed E-state index contributed by atoms with van der Waals surface area (Å²) in [6, 6.07) is 6.86. The summed E-state index contributed by atoms with van der Waals surface area (Å²) in [5, 5.41) is 15.9. The molecule has 1 heterocycles. The Morgan fingerprint density at radius 1 is 1.47 bits per heavy atom. The van der Waals surface area contributed by atoms with Gasteiger partial charge >= 0.3 is 5.97 Å². The van der Waals surface area contributed by atoms with Crippen LogP contribution in [-0.4, -0.2) is 27.8 Å². The highest BCUT2D eigenvalue weighted by Gasteiger charge is 2.04. The number of carboxylic acids is 1. The van der Waals surface area contributed by atoms with Crippen molar-refractivity contribution < 1.29 is 14.4 Å². The summed E-state index contributed by atoms with van der Waals surface area (Å²) in [5.74, 6) is 0.317.